The maximum atomic E-state index is 12.0. The summed E-state index contributed by atoms with van der Waals surface area (Å²) in [5.41, 5.74) is 5.44. The molecule has 0 amide bonds. The lowest BCUT2D eigenvalue weighted by Crippen LogP contribution is -2.49. The second-order valence-electron chi connectivity index (χ2n) is 4.60. The zero-order chi connectivity index (χ0) is 10.8. The van der Waals surface area contributed by atoms with Crippen molar-refractivity contribution in [2.24, 2.45) is 17.6 Å². The maximum Gasteiger partial charge on any atom is 0.155 e. The van der Waals surface area contributed by atoms with E-state index in [1.54, 1.807) is 7.11 Å². The van der Waals surface area contributed by atoms with Gasteiger partial charge in [-0.3, -0.25) is 4.79 Å². The van der Waals surface area contributed by atoms with Crippen molar-refractivity contribution in [1.82, 2.24) is 0 Å². The van der Waals surface area contributed by atoms with E-state index < -0.39 is 5.54 Å². The average molecular weight is 199 g/mol. The highest BCUT2D eigenvalue weighted by Crippen LogP contribution is 2.39. The second kappa shape index (κ2) is 4.41. The molecule has 0 aromatic carbocycles. The number of rotatable bonds is 6. The summed E-state index contributed by atoms with van der Waals surface area (Å²) < 4.78 is 4.96. The van der Waals surface area contributed by atoms with E-state index in [0.29, 0.717) is 12.5 Å². The molecular weight excluding hydrogens is 178 g/mol. The molecule has 14 heavy (non-hydrogen) atoms. The van der Waals surface area contributed by atoms with Crippen LogP contribution in [0.5, 0.6) is 0 Å². The lowest BCUT2D eigenvalue weighted by molar-refractivity contribution is -0.128. The Balaban J connectivity index is 2.45. The van der Waals surface area contributed by atoms with Gasteiger partial charge in [0, 0.05) is 19.6 Å². The first kappa shape index (κ1) is 11.7. The minimum Gasteiger partial charge on any atom is -0.385 e. The molecule has 0 saturated heterocycles. The van der Waals surface area contributed by atoms with Crippen LogP contribution in [0.15, 0.2) is 0 Å². The lowest BCUT2D eigenvalue weighted by Gasteiger charge is -2.26. The van der Waals surface area contributed by atoms with Crippen LogP contribution >= 0.6 is 0 Å². The van der Waals surface area contributed by atoms with Crippen molar-refractivity contribution in [3.8, 4) is 0 Å². The topological polar surface area (TPSA) is 52.3 Å². The Morgan fingerprint density at radius 1 is 1.64 bits per heavy atom. The lowest BCUT2D eigenvalue weighted by atomic mass is 9.84. The van der Waals surface area contributed by atoms with Crippen molar-refractivity contribution < 1.29 is 9.53 Å². The fraction of sp³-hybridized carbons (Fsp3) is 0.909. The molecule has 3 nitrogen and oxygen atoms in total. The molecule has 0 spiro atoms. The molecule has 1 saturated carbocycles. The summed E-state index contributed by atoms with van der Waals surface area (Å²) in [6.07, 6.45) is 2.99. The van der Waals surface area contributed by atoms with Crippen LogP contribution in [-0.4, -0.2) is 25.0 Å². The highest BCUT2D eigenvalue weighted by Gasteiger charge is 2.44. The summed E-state index contributed by atoms with van der Waals surface area (Å²) in [4.78, 5) is 12.0. The predicted molar refractivity (Wildman–Crippen MR) is 56.0 cm³/mol. The SMILES string of the molecule is COCCC(C)C(=O)C(C)(N)C1CC1. The Morgan fingerprint density at radius 2 is 2.21 bits per heavy atom. The van der Waals surface area contributed by atoms with Crippen LogP contribution in [0, 0.1) is 11.8 Å². The molecule has 1 fully saturated rings. The zero-order valence-corrected chi connectivity index (χ0v) is 9.38. The van der Waals surface area contributed by atoms with Gasteiger partial charge in [-0.05, 0) is 32.1 Å². The summed E-state index contributed by atoms with van der Waals surface area (Å²) in [6, 6.07) is 0. The van der Waals surface area contributed by atoms with Gasteiger partial charge in [0.2, 0.25) is 0 Å². The molecule has 0 radical (unpaired) electrons. The van der Waals surface area contributed by atoms with Gasteiger partial charge in [0.1, 0.15) is 0 Å². The summed E-state index contributed by atoms with van der Waals surface area (Å²) in [6.45, 7) is 4.44. The number of carbonyl (C=O) groups excluding carboxylic acids is 1. The first-order valence-electron chi connectivity index (χ1n) is 5.32. The number of hydrogen-bond acceptors (Lipinski definition) is 3. The average Bonchev–Trinajstić information content (AvgIpc) is 2.95. The molecule has 2 atom stereocenters. The molecule has 2 unspecified atom stereocenters. The van der Waals surface area contributed by atoms with Crippen LogP contribution in [0.1, 0.15) is 33.1 Å². The third kappa shape index (κ3) is 2.55. The van der Waals surface area contributed by atoms with Gasteiger partial charge in [-0.2, -0.15) is 0 Å². The molecule has 0 heterocycles. The van der Waals surface area contributed by atoms with Crippen molar-refractivity contribution in [3.05, 3.63) is 0 Å². The zero-order valence-electron chi connectivity index (χ0n) is 9.38. The van der Waals surface area contributed by atoms with Gasteiger partial charge in [-0.1, -0.05) is 6.92 Å². The molecule has 82 valence electrons. The third-order valence-corrected chi connectivity index (χ3v) is 3.16. The first-order valence-corrected chi connectivity index (χ1v) is 5.32. The second-order valence-corrected chi connectivity index (χ2v) is 4.60. The van der Waals surface area contributed by atoms with Crippen LogP contribution in [0.4, 0.5) is 0 Å². The minimum absolute atomic E-state index is 0.0190. The van der Waals surface area contributed by atoms with E-state index >= 15 is 0 Å². The number of Topliss-reactive ketones (excluding diaryl/α,β-unsaturated/α-hetero) is 1. The minimum atomic E-state index is -0.604. The van der Waals surface area contributed by atoms with Crippen LogP contribution in [0.25, 0.3) is 0 Å². The smallest absolute Gasteiger partial charge is 0.155 e. The van der Waals surface area contributed by atoms with Crippen molar-refractivity contribution in [2.75, 3.05) is 13.7 Å². The molecular formula is C11H21NO2. The van der Waals surface area contributed by atoms with Gasteiger partial charge >= 0.3 is 0 Å². The molecule has 0 aromatic rings. The van der Waals surface area contributed by atoms with Gasteiger partial charge in [0.05, 0.1) is 5.54 Å². The normalized spacial score (nSPS) is 22.9. The Hall–Kier alpha value is -0.410. The molecule has 1 rings (SSSR count). The quantitative estimate of drug-likeness (QED) is 0.702. The molecule has 1 aliphatic rings. The number of hydrogen-bond donors (Lipinski definition) is 1. The van der Waals surface area contributed by atoms with Gasteiger partial charge in [-0.15, -0.1) is 0 Å². The van der Waals surface area contributed by atoms with E-state index in [0.717, 1.165) is 19.3 Å². The van der Waals surface area contributed by atoms with Gasteiger partial charge in [0.15, 0.2) is 5.78 Å². The van der Waals surface area contributed by atoms with Crippen LogP contribution < -0.4 is 5.73 Å². The number of carbonyl (C=O) groups is 1. The van der Waals surface area contributed by atoms with Crippen molar-refractivity contribution in [2.45, 2.75) is 38.6 Å². The van der Waals surface area contributed by atoms with Crippen molar-refractivity contribution in [3.63, 3.8) is 0 Å². The number of ether oxygens (including phenoxy) is 1. The number of nitrogens with two attached hydrogens (primary N) is 1. The van der Waals surface area contributed by atoms with Gasteiger partial charge in [-0.25, -0.2) is 0 Å². The van der Waals surface area contributed by atoms with Gasteiger partial charge < -0.3 is 10.5 Å². The van der Waals surface area contributed by atoms with E-state index in [1.165, 1.54) is 0 Å². The molecule has 3 heteroatoms. The van der Waals surface area contributed by atoms with Crippen molar-refractivity contribution >= 4 is 5.78 Å². The molecule has 1 aliphatic carbocycles. The fourth-order valence-electron chi connectivity index (χ4n) is 1.84. The highest BCUT2D eigenvalue weighted by atomic mass is 16.5. The number of methoxy groups -OCH3 is 1. The third-order valence-electron chi connectivity index (χ3n) is 3.16. The Labute approximate surface area is 86.0 Å². The molecule has 2 N–H and O–H groups in total. The van der Waals surface area contributed by atoms with Crippen LogP contribution in [0.2, 0.25) is 0 Å². The molecule has 0 aliphatic heterocycles. The van der Waals surface area contributed by atoms with E-state index in [-0.39, 0.29) is 11.7 Å². The highest BCUT2D eigenvalue weighted by molar-refractivity contribution is 5.90. The van der Waals surface area contributed by atoms with Gasteiger partial charge in [0.25, 0.3) is 0 Å². The van der Waals surface area contributed by atoms with E-state index in [4.69, 9.17) is 10.5 Å². The van der Waals surface area contributed by atoms with Crippen molar-refractivity contribution in [1.29, 1.82) is 0 Å². The fourth-order valence-corrected chi connectivity index (χ4v) is 1.84. The Kier molecular flexibility index (Phi) is 3.67. The van der Waals surface area contributed by atoms with Crippen LogP contribution in [0.3, 0.4) is 0 Å². The largest absolute Gasteiger partial charge is 0.385 e. The summed E-state index contributed by atoms with van der Waals surface area (Å²) in [5.74, 6) is 0.627. The molecule has 0 bridgehead atoms. The van der Waals surface area contributed by atoms with E-state index in [2.05, 4.69) is 0 Å². The Bertz CT molecular complexity index is 209. The van der Waals surface area contributed by atoms with E-state index in [1.807, 2.05) is 13.8 Å². The van der Waals surface area contributed by atoms with E-state index in [9.17, 15) is 4.79 Å². The molecule has 0 aromatic heterocycles. The maximum absolute atomic E-state index is 12.0. The summed E-state index contributed by atoms with van der Waals surface area (Å²) >= 11 is 0. The number of ketones is 1. The Morgan fingerprint density at radius 3 is 2.64 bits per heavy atom. The summed E-state index contributed by atoms with van der Waals surface area (Å²) in [5, 5.41) is 0. The monoisotopic (exact) mass is 199 g/mol. The predicted octanol–water partition coefficient (Wildman–Crippen LogP) is 1.36. The standard InChI is InChI=1S/C11H21NO2/c1-8(6-7-14-3)10(13)11(2,12)9-4-5-9/h8-9H,4-7,12H2,1-3H3. The summed E-state index contributed by atoms with van der Waals surface area (Å²) in [7, 11) is 1.65. The first-order chi connectivity index (χ1) is 6.50. The van der Waals surface area contributed by atoms with Crippen LogP contribution in [-0.2, 0) is 9.53 Å².